The number of benzene rings is 1. The van der Waals surface area contributed by atoms with Gasteiger partial charge in [0.05, 0.1) is 0 Å². The van der Waals surface area contributed by atoms with Gasteiger partial charge in [0.15, 0.2) is 5.54 Å². The molecule has 3 atom stereocenters. The van der Waals surface area contributed by atoms with Gasteiger partial charge in [-0.2, -0.15) is 0 Å². The molecule has 3 heterocycles. The number of likely N-dealkylation sites (N-methyl/N-ethyl adjacent to an activating group) is 1. The molecule has 4 rings (SSSR count). The maximum absolute atomic E-state index is 13.1. The van der Waals surface area contributed by atoms with Crippen LogP contribution in [0.5, 0.6) is 0 Å². The molecule has 6 amide bonds. The van der Waals surface area contributed by atoms with Crippen LogP contribution in [0.2, 0.25) is 0 Å². The number of carbonyl (C=O) groups excluding carboxylic acids is 4. The average molecular weight is 329 g/mol. The molecule has 3 N–H and O–H groups in total. The normalized spacial score (nSPS) is 31.4. The number of anilines is 1. The third-order valence-electron chi connectivity index (χ3n) is 4.95. The lowest BCUT2D eigenvalue weighted by atomic mass is 9.74. The summed E-state index contributed by atoms with van der Waals surface area (Å²) in [6, 6.07) is 5.75. The Morgan fingerprint density at radius 3 is 2.54 bits per heavy atom. The molecule has 0 aromatic heterocycles. The molecule has 0 aliphatic carbocycles. The quantitative estimate of drug-likeness (QED) is 0.584. The zero-order chi connectivity index (χ0) is 17.2. The number of hydrogen-bond acceptors (Lipinski definition) is 4. The molecule has 0 bridgehead atoms. The molecule has 1 aromatic carbocycles. The van der Waals surface area contributed by atoms with Gasteiger partial charge in [0.1, 0.15) is 12.1 Å². The minimum absolute atomic E-state index is 0.411. The molecule has 3 unspecified atom stereocenters. The van der Waals surface area contributed by atoms with Gasteiger partial charge in [-0.1, -0.05) is 18.2 Å². The van der Waals surface area contributed by atoms with E-state index < -0.39 is 41.5 Å². The first kappa shape index (κ1) is 14.5. The highest BCUT2D eigenvalue weighted by molar-refractivity contribution is 6.14. The fourth-order valence-electron chi connectivity index (χ4n) is 3.82. The van der Waals surface area contributed by atoms with Crippen LogP contribution >= 0.6 is 0 Å². The lowest BCUT2D eigenvalue weighted by Crippen LogP contribution is -2.78. The smallest absolute Gasteiger partial charge is 0.319 e. The summed E-state index contributed by atoms with van der Waals surface area (Å²) in [6.07, 6.45) is -0.913. The average Bonchev–Trinajstić information content (AvgIpc) is 2.75. The number of hydrogen-bond donors (Lipinski definition) is 3. The highest BCUT2D eigenvalue weighted by Crippen LogP contribution is 2.47. The van der Waals surface area contributed by atoms with Gasteiger partial charge in [0, 0.05) is 25.3 Å². The van der Waals surface area contributed by atoms with Gasteiger partial charge >= 0.3 is 12.1 Å². The van der Waals surface area contributed by atoms with Gasteiger partial charge < -0.3 is 20.4 Å². The van der Waals surface area contributed by atoms with E-state index in [9.17, 15) is 19.2 Å². The summed E-state index contributed by atoms with van der Waals surface area (Å²) in [6.45, 7) is 0. The topological polar surface area (TPSA) is 111 Å². The number of carbonyl (C=O) groups is 4. The van der Waals surface area contributed by atoms with E-state index in [1.807, 2.05) is 0 Å². The molecule has 3 aliphatic heterocycles. The Morgan fingerprint density at radius 1 is 1.08 bits per heavy atom. The van der Waals surface area contributed by atoms with E-state index in [1.54, 1.807) is 31.3 Å². The van der Waals surface area contributed by atoms with Crippen molar-refractivity contribution in [2.24, 2.45) is 5.92 Å². The molecule has 0 radical (unpaired) electrons. The van der Waals surface area contributed by atoms with Gasteiger partial charge in [-0.15, -0.1) is 0 Å². The number of rotatable bonds is 0. The number of nitrogens with one attached hydrogen (secondary N) is 3. The third-order valence-corrected chi connectivity index (χ3v) is 4.95. The van der Waals surface area contributed by atoms with Gasteiger partial charge in [-0.25, -0.2) is 9.59 Å². The van der Waals surface area contributed by atoms with Crippen molar-refractivity contribution >= 4 is 29.6 Å². The number of amides is 6. The second-order valence-electron chi connectivity index (χ2n) is 6.12. The lowest BCUT2D eigenvalue weighted by molar-refractivity contribution is -0.141. The summed E-state index contributed by atoms with van der Waals surface area (Å²) >= 11 is 0. The monoisotopic (exact) mass is 329 g/mol. The fourth-order valence-corrected chi connectivity index (χ4v) is 3.82. The van der Waals surface area contributed by atoms with Crippen LogP contribution in [0.4, 0.5) is 15.3 Å². The number of urea groups is 2. The van der Waals surface area contributed by atoms with Gasteiger partial charge in [-0.05, 0) is 6.07 Å². The first-order valence-corrected chi connectivity index (χ1v) is 7.42. The van der Waals surface area contributed by atoms with Crippen LogP contribution in [0.3, 0.4) is 0 Å². The van der Waals surface area contributed by atoms with Crippen LogP contribution in [-0.2, 0) is 15.1 Å². The summed E-state index contributed by atoms with van der Waals surface area (Å²) < 4.78 is 0. The Bertz CT molecular complexity index is 809. The van der Waals surface area contributed by atoms with Gasteiger partial charge in [0.25, 0.3) is 5.91 Å². The van der Waals surface area contributed by atoms with Crippen molar-refractivity contribution in [3.05, 3.63) is 29.8 Å². The zero-order valence-corrected chi connectivity index (χ0v) is 13.0. The molecule has 0 saturated carbocycles. The maximum atomic E-state index is 13.1. The largest absolute Gasteiger partial charge is 0.325 e. The highest BCUT2D eigenvalue weighted by atomic mass is 16.2. The Morgan fingerprint density at radius 2 is 1.79 bits per heavy atom. The van der Waals surface area contributed by atoms with Crippen LogP contribution in [0.15, 0.2) is 24.3 Å². The van der Waals surface area contributed by atoms with E-state index in [4.69, 9.17) is 0 Å². The maximum Gasteiger partial charge on any atom is 0.325 e. The van der Waals surface area contributed by atoms with Gasteiger partial charge in [-0.3, -0.25) is 14.9 Å². The minimum Gasteiger partial charge on any atom is -0.319 e. The molecular weight excluding hydrogens is 314 g/mol. The van der Waals surface area contributed by atoms with Crippen molar-refractivity contribution < 1.29 is 19.2 Å². The predicted molar refractivity (Wildman–Crippen MR) is 81.8 cm³/mol. The van der Waals surface area contributed by atoms with E-state index in [-0.39, 0.29) is 0 Å². The standard InChI is InChI=1S/C15H15N5O4/c1-19-8-6-4-3-5-7(8)15(12(19)22)9-10(16-13(23)18-15)20(2)14(24)17-11(9)21/h3-6,9-10H,1-2H3,(H2,16,18,23)(H,17,21,24). The first-order valence-electron chi connectivity index (χ1n) is 7.42. The molecule has 3 aliphatic rings. The number of imide groups is 1. The van der Waals surface area contributed by atoms with Crippen molar-refractivity contribution in [3.63, 3.8) is 0 Å². The summed E-state index contributed by atoms with van der Waals surface area (Å²) in [5.41, 5.74) is -0.381. The van der Waals surface area contributed by atoms with E-state index in [2.05, 4.69) is 16.0 Å². The lowest BCUT2D eigenvalue weighted by Gasteiger charge is -2.49. The number of nitrogens with zero attached hydrogens (tertiary/aromatic N) is 2. The van der Waals surface area contributed by atoms with Crippen LogP contribution in [0, 0.1) is 5.92 Å². The Balaban J connectivity index is 1.96. The second kappa shape index (κ2) is 4.47. The Kier molecular flexibility index (Phi) is 2.70. The molecule has 2 fully saturated rings. The summed E-state index contributed by atoms with van der Waals surface area (Å²) in [5, 5.41) is 7.47. The van der Waals surface area contributed by atoms with Crippen molar-refractivity contribution in [2.75, 3.05) is 19.0 Å². The van der Waals surface area contributed by atoms with Crippen molar-refractivity contribution in [1.82, 2.24) is 20.9 Å². The molecule has 9 nitrogen and oxygen atoms in total. The van der Waals surface area contributed by atoms with E-state index >= 15 is 0 Å². The molecule has 24 heavy (non-hydrogen) atoms. The fraction of sp³-hybridized carbons (Fsp3) is 0.333. The van der Waals surface area contributed by atoms with Crippen LogP contribution < -0.4 is 20.9 Å². The predicted octanol–water partition coefficient (Wildman–Crippen LogP) is -0.705. The van der Waals surface area contributed by atoms with Crippen molar-refractivity contribution in [2.45, 2.75) is 11.7 Å². The van der Waals surface area contributed by atoms with Crippen LogP contribution in [0.25, 0.3) is 0 Å². The number of para-hydroxylation sites is 1. The molecule has 2 saturated heterocycles. The van der Waals surface area contributed by atoms with Crippen LogP contribution in [0.1, 0.15) is 5.56 Å². The SMILES string of the molecule is CN1C(=O)C2(NC(=O)NC3C2C(=O)NC(=O)N3C)c2ccccc21. The van der Waals surface area contributed by atoms with Gasteiger partial charge in [0.2, 0.25) is 5.91 Å². The Labute approximate surface area is 137 Å². The third kappa shape index (κ3) is 1.53. The van der Waals surface area contributed by atoms with E-state index in [1.165, 1.54) is 16.8 Å². The first-order chi connectivity index (χ1) is 11.4. The molecule has 9 heteroatoms. The highest BCUT2D eigenvalue weighted by Gasteiger charge is 2.65. The summed E-state index contributed by atoms with van der Waals surface area (Å²) in [4.78, 5) is 52.4. The molecule has 1 spiro atoms. The molecule has 1 aromatic rings. The minimum atomic E-state index is -1.54. The number of fused-ring (bicyclic) bond motifs is 4. The molecule has 124 valence electrons. The van der Waals surface area contributed by atoms with Crippen molar-refractivity contribution in [1.29, 1.82) is 0 Å². The Hall–Kier alpha value is -3.10. The van der Waals surface area contributed by atoms with Crippen molar-refractivity contribution in [3.8, 4) is 0 Å². The van der Waals surface area contributed by atoms with E-state index in [0.29, 0.717) is 11.3 Å². The zero-order valence-electron chi connectivity index (χ0n) is 13.0. The second-order valence-corrected chi connectivity index (χ2v) is 6.12. The van der Waals surface area contributed by atoms with Crippen LogP contribution in [-0.4, -0.2) is 49.0 Å². The summed E-state index contributed by atoms with van der Waals surface area (Å²) in [7, 11) is 3.06. The molecular formula is C15H15N5O4. The van der Waals surface area contributed by atoms with E-state index in [0.717, 1.165) is 0 Å². The summed E-state index contributed by atoms with van der Waals surface area (Å²) in [5.74, 6) is -2.00.